The predicted octanol–water partition coefficient (Wildman–Crippen LogP) is 3.65. The number of hydrogen-bond donors (Lipinski definition) is 0. The number of imidazole rings is 1. The summed E-state index contributed by atoms with van der Waals surface area (Å²) < 4.78 is 33.9. The van der Waals surface area contributed by atoms with Gasteiger partial charge < -0.3 is 9.30 Å². The number of likely N-dealkylation sites (tertiary alicyclic amines) is 1. The molecule has 1 aliphatic heterocycles. The van der Waals surface area contributed by atoms with Gasteiger partial charge in [-0.25, -0.2) is 13.4 Å². The molecule has 1 aromatic heterocycles. The van der Waals surface area contributed by atoms with E-state index in [0.717, 1.165) is 89.8 Å². The van der Waals surface area contributed by atoms with Crippen molar-refractivity contribution in [3.05, 3.63) is 11.9 Å². The highest BCUT2D eigenvalue weighted by Gasteiger charge is 2.30. The van der Waals surface area contributed by atoms with Crippen LogP contribution in [0.4, 0.5) is 0 Å². The van der Waals surface area contributed by atoms with Crippen molar-refractivity contribution in [3.63, 3.8) is 0 Å². The standard InChI is InChI=1S/C21H37N3O3S/c1-3-5-12-24-19(15-23-11-7-10-20(16-23)27-13-4-2)14-22-21(24)28(25,26)17-18-8-6-9-18/h14,18,20H,3-13,15-17H2,1-2H3. The van der Waals surface area contributed by atoms with E-state index in [1.807, 2.05) is 4.57 Å². The Morgan fingerprint density at radius 1 is 1.18 bits per heavy atom. The quantitative estimate of drug-likeness (QED) is 0.556. The number of nitrogens with zero attached hydrogens (tertiary/aromatic N) is 3. The van der Waals surface area contributed by atoms with Crippen molar-refractivity contribution >= 4 is 9.84 Å². The number of ether oxygens (including phenoxy) is 1. The summed E-state index contributed by atoms with van der Waals surface area (Å²) in [5.74, 6) is 0.579. The van der Waals surface area contributed by atoms with Crippen LogP contribution in [-0.2, 0) is 27.7 Å². The molecule has 2 fully saturated rings. The third kappa shape index (κ3) is 5.57. The lowest BCUT2D eigenvalue weighted by atomic mass is 9.87. The van der Waals surface area contributed by atoms with Gasteiger partial charge in [-0.05, 0) is 51.0 Å². The number of unbranched alkanes of at least 4 members (excludes halogenated alkanes) is 1. The lowest BCUT2D eigenvalue weighted by Crippen LogP contribution is -2.39. The van der Waals surface area contributed by atoms with E-state index < -0.39 is 9.84 Å². The summed E-state index contributed by atoms with van der Waals surface area (Å²) in [5.41, 5.74) is 1.02. The largest absolute Gasteiger partial charge is 0.377 e. The Kier molecular flexibility index (Phi) is 7.94. The monoisotopic (exact) mass is 411 g/mol. The van der Waals surface area contributed by atoms with Gasteiger partial charge in [0, 0.05) is 26.2 Å². The maximum Gasteiger partial charge on any atom is 0.227 e. The minimum absolute atomic E-state index is 0.256. The van der Waals surface area contributed by atoms with Crippen LogP contribution in [0.3, 0.4) is 0 Å². The van der Waals surface area contributed by atoms with Crippen molar-refractivity contribution in [3.8, 4) is 0 Å². The van der Waals surface area contributed by atoms with Gasteiger partial charge in [-0.3, -0.25) is 4.90 Å². The van der Waals surface area contributed by atoms with Crippen LogP contribution in [0.5, 0.6) is 0 Å². The molecule has 3 rings (SSSR count). The summed E-state index contributed by atoms with van der Waals surface area (Å²) in [6, 6.07) is 0. The van der Waals surface area contributed by atoms with E-state index in [9.17, 15) is 8.42 Å². The second-order valence-corrected chi connectivity index (χ2v) is 10.4. The van der Waals surface area contributed by atoms with Gasteiger partial charge in [0.1, 0.15) is 0 Å². The molecule has 0 N–H and O–H groups in total. The first-order valence-electron chi connectivity index (χ1n) is 11.1. The van der Waals surface area contributed by atoms with Crippen molar-refractivity contribution in [1.82, 2.24) is 14.5 Å². The molecule has 0 spiro atoms. The molecule has 28 heavy (non-hydrogen) atoms. The minimum Gasteiger partial charge on any atom is -0.377 e. The lowest BCUT2D eigenvalue weighted by molar-refractivity contribution is -0.00283. The lowest BCUT2D eigenvalue weighted by Gasteiger charge is -2.32. The molecule has 1 unspecified atom stereocenters. The van der Waals surface area contributed by atoms with Gasteiger partial charge in [-0.15, -0.1) is 0 Å². The Morgan fingerprint density at radius 2 is 2.00 bits per heavy atom. The Labute approximate surface area is 170 Å². The van der Waals surface area contributed by atoms with Crippen LogP contribution >= 0.6 is 0 Å². The molecule has 1 aliphatic carbocycles. The zero-order valence-electron chi connectivity index (χ0n) is 17.6. The Hall–Kier alpha value is -0.920. The summed E-state index contributed by atoms with van der Waals surface area (Å²) >= 11 is 0. The van der Waals surface area contributed by atoms with Crippen LogP contribution in [-0.4, -0.2) is 54.4 Å². The molecular formula is C21H37N3O3S. The highest BCUT2D eigenvalue weighted by molar-refractivity contribution is 7.91. The second-order valence-electron chi connectivity index (χ2n) is 8.49. The van der Waals surface area contributed by atoms with Crippen LogP contribution < -0.4 is 0 Å². The van der Waals surface area contributed by atoms with Crippen molar-refractivity contribution in [1.29, 1.82) is 0 Å². The summed E-state index contributed by atoms with van der Waals surface area (Å²) in [7, 11) is -3.32. The fourth-order valence-corrected chi connectivity index (χ4v) is 6.03. The molecule has 6 nitrogen and oxygen atoms in total. The first-order valence-corrected chi connectivity index (χ1v) is 12.8. The summed E-state index contributed by atoms with van der Waals surface area (Å²) in [5, 5.41) is 0.290. The minimum atomic E-state index is -3.32. The number of hydrogen-bond acceptors (Lipinski definition) is 5. The molecule has 0 bridgehead atoms. The molecular weight excluding hydrogens is 374 g/mol. The summed E-state index contributed by atoms with van der Waals surface area (Å²) in [6.07, 6.45) is 10.6. The van der Waals surface area contributed by atoms with Crippen molar-refractivity contribution in [2.24, 2.45) is 5.92 Å². The molecule has 7 heteroatoms. The summed E-state index contributed by atoms with van der Waals surface area (Å²) in [4.78, 5) is 6.80. The van der Waals surface area contributed by atoms with Crippen molar-refractivity contribution in [2.75, 3.05) is 25.4 Å². The third-order valence-electron chi connectivity index (χ3n) is 6.00. The normalized spacial score (nSPS) is 21.7. The van der Waals surface area contributed by atoms with E-state index in [0.29, 0.717) is 17.2 Å². The molecule has 0 aromatic carbocycles. The molecule has 0 radical (unpaired) electrons. The van der Waals surface area contributed by atoms with Gasteiger partial charge >= 0.3 is 0 Å². The third-order valence-corrected chi connectivity index (χ3v) is 7.79. The van der Waals surface area contributed by atoms with Gasteiger partial charge in [0.2, 0.25) is 15.0 Å². The van der Waals surface area contributed by atoms with E-state index in [2.05, 4.69) is 23.7 Å². The van der Waals surface area contributed by atoms with Gasteiger partial charge in [0.15, 0.2) is 0 Å². The molecule has 2 heterocycles. The fourth-order valence-electron chi connectivity index (χ4n) is 4.17. The highest BCUT2D eigenvalue weighted by atomic mass is 32.2. The van der Waals surface area contributed by atoms with Gasteiger partial charge in [-0.1, -0.05) is 26.7 Å². The van der Waals surface area contributed by atoms with Crippen LogP contribution in [0.2, 0.25) is 0 Å². The van der Waals surface area contributed by atoms with Gasteiger partial charge in [0.05, 0.1) is 23.7 Å². The van der Waals surface area contributed by atoms with Gasteiger partial charge in [-0.2, -0.15) is 0 Å². The van der Waals surface area contributed by atoms with E-state index in [1.165, 1.54) is 0 Å². The van der Waals surface area contributed by atoms with E-state index >= 15 is 0 Å². The van der Waals surface area contributed by atoms with Crippen LogP contribution in [0, 0.1) is 5.92 Å². The summed E-state index contributed by atoms with van der Waals surface area (Å²) in [6.45, 7) is 8.53. The zero-order valence-corrected chi connectivity index (χ0v) is 18.4. The number of rotatable bonds is 11. The van der Waals surface area contributed by atoms with E-state index in [-0.39, 0.29) is 5.75 Å². The fraction of sp³-hybridized carbons (Fsp3) is 0.857. The zero-order chi connectivity index (χ0) is 20.0. The number of piperidine rings is 1. The van der Waals surface area contributed by atoms with Crippen molar-refractivity contribution < 1.29 is 13.2 Å². The van der Waals surface area contributed by atoms with Gasteiger partial charge in [0.25, 0.3) is 0 Å². The van der Waals surface area contributed by atoms with Crippen LogP contribution in [0.1, 0.15) is 70.9 Å². The highest BCUT2D eigenvalue weighted by Crippen LogP contribution is 2.30. The predicted molar refractivity (Wildman–Crippen MR) is 111 cm³/mol. The molecule has 1 aromatic rings. The Morgan fingerprint density at radius 3 is 2.68 bits per heavy atom. The SMILES string of the molecule is CCCCn1c(CN2CCCC(OCCC)C2)cnc1S(=O)(=O)CC1CCC1. The first kappa shape index (κ1) is 21.8. The average molecular weight is 412 g/mol. The number of sulfone groups is 1. The molecule has 1 saturated carbocycles. The molecule has 2 aliphatic rings. The topological polar surface area (TPSA) is 64.4 Å². The number of aromatic nitrogens is 2. The molecule has 1 saturated heterocycles. The average Bonchev–Trinajstić information content (AvgIpc) is 3.05. The Bertz CT molecular complexity index is 712. The molecule has 160 valence electrons. The van der Waals surface area contributed by atoms with Crippen LogP contribution in [0.25, 0.3) is 0 Å². The Balaban J connectivity index is 1.72. The second kappa shape index (κ2) is 10.2. The van der Waals surface area contributed by atoms with Crippen molar-refractivity contribution in [2.45, 2.75) is 89.6 Å². The smallest absolute Gasteiger partial charge is 0.227 e. The molecule has 1 atom stereocenters. The van der Waals surface area contributed by atoms with Crippen LogP contribution in [0.15, 0.2) is 11.4 Å². The van der Waals surface area contributed by atoms with E-state index in [1.54, 1.807) is 6.20 Å². The maximum atomic E-state index is 13.0. The van der Waals surface area contributed by atoms with E-state index in [4.69, 9.17) is 4.74 Å². The maximum absolute atomic E-state index is 13.0. The first-order chi connectivity index (χ1) is 13.5. The molecule has 0 amide bonds.